The summed E-state index contributed by atoms with van der Waals surface area (Å²) in [6, 6.07) is 18.4. The van der Waals surface area contributed by atoms with Crippen LogP contribution in [0.5, 0.6) is 5.75 Å². The fourth-order valence-electron chi connectivity index (χ4n) is 2.89. The van der Waals surface area contributed by atoms with Crippen LogP contribution in [0.25, 0.3) is 0 Å². The van der Waals surface area contributed by atoms with Crippen molar-refractivity contribution in [3.8, 4) is 5.75 Å². The van der Waals surface area contributed by atoms with Crippen molar-refractivity contribution in [2.45, 2.75) is 13.8 Å². The van der Waals surface area contributed by atoms with Crippen molar-refractivity contribution in [1.29, 1.82) is 0 Å². The monoisotopic (exact) mass is 404 g/mol. The van der Waals surface area contributed by atoms with Crippen molar-refractivity contribution >= 4 is 23.1 Å². The van der Waals surface area contributed by atoms with Gasteiger partial charge in [-0.1, -0.05) is 36.4 Å². The average Bonchev–Trinajstić information content (AvgIpc) is 2.76. The van der Waals surface area contributed by atoms with Crippen LogP contribution in [0.2, 0.25) is 0 Å². The molecule has 0 saturated heterocycles. The van der Waals surface area contributed by atoms with Crippen LogP contribution in [-0.4, -0.2) is 23.2 Å². The van der Waals surface area contributed by atoms with Gasteiger partial charge in [-0.25, -0.2) is 0 Å². The van der Waals surface area contributed by atoms with Crippen LogP contribution in [0.3, 0.4) is 0 Å². The Morgan fingerprint density at radius 1 is 0.933 bits per heavy atom. The minimum Gasteiger partial charge on any atom is -0.484 e. The number of carbonyl (C=O) groups excluding carboxylic acids is 2. The maximum atomic E-state index is 12.4. The number of anilines is 1. The SMILES string of the molecule is Cc1ccc([N+](=O)[O-])c(NC(=O)COc2ccc(C(=O)c3ccccc3)cc2)c1C. The summed E-state index contributed by atoms with van der Waals surface area (Å²) >= 11 is 0. The van der Waals surface area contributed by atoms with Crippen LogP contribution < -0.4 is 10.1 Å². The van der Waals surface area contributed by atoms with E-state index in [-0.39, 0.29) is 23.8 Å². The maximum absolute atomic E-state index is 12.4. The fourth-order valence-corrected chi connectivity index (χ4v) is 2.89. The van der Waals surface area contributed by atoms with Crippen molar-refractivity contribution in [3.63, 3.8) is 0 Å². The lowest BCUT2D eigenvalue weighted by Gasteiger charge is -2.12. The summed E-state index contributed by atoms with van der Waals surface area (Å²) in [5.41, 5.74) is 2.54. The van der Waals surface area contributed by atoms with Crippen LogP contribution >= 0.6 is 0 Å². The van der Waals surface area contributed by atoms with E-state index < -0.39 is 10.8 Å². The molecule has 7 heteroatoms. The number of hydrogen-bond donors (Lipinski definition) is 1. The third kappa shape index (κ3) is 4.70. The van der Waals surface area contributed by atoms with Crippen molar-refractivity contribution in [2.24, 2.45) is 0 Å². The molecule has 0 atom stereocenters. The lowest BCUT2D eigenvalue weighted by atomic mass is 10.0. The number of rotatable bonds is 7. The Bertz CT molecular complexity index is 1090. The number of ether oxygens (including phenoxy) is 1. The molecule has 0 fully saturated rings. The number of benzene rings is 3. The lowest BCUT2D eigenvalue weighted by molar-refractivity contribution is -0.384. The second kappa shape index (κ2) is 9.00. The number of aryl methyl sites for hydroxylation is 1. The zero-order valence-electron chi connectivity index (χ0n) is 16.5. The molecule has 1 amide bonds. The molecule has 0 spiro atoms. The number of nitrogens with one attached hydrogen (secondary N) is 1. The van der Waals surface area contributed by atoms with Crippen molar-refractivity contribution < 1.29 is 19.2 Å². The van der Waals surface area contributed by atoms with E-state index in [4.69, 9.17) is 4.74 Å². The molecular formula is C23H20N2O5. The van der Waals surface area contributed by atoms with E-state index in [9.17, 15) is 19.7 Å². The van der Waals surface area contributed by atoms with Gasteiger partial charge in [0.15, 0.2) is 12.4 Å². The number of nitro groups is 1. The Morgan fingerprint density at radius 3 is 2.20 bits per heavy atom. The van der Waals surface area contributed by atoms with Gasteiger partial charge in [-0.3, -0.25) is 19.7 Å². The third-order valence-electron chi connectivity index (χ3n) is 4.70. The Balaban J connectivity index is 1.64. The number of carbonyl (C=O) groups is 2. The minimum absolute atomic E-state index is 0.109. The first-order valence-corrected chi connectivity index (χ1v) is 9.24. The van der Waals surface area contributed by atoms with Crippen molar-refractivity contribution in [3.05, 3.63) is 99.1 Å². The largest absolute Gasteiger partial charge is 0.484 e. The zero-order valence-corrected chi connectivity index (χ0v) is 16.5. The normalized spacial score (nSPS) is 10.3. The van der Waals surface area contributed by atoms with Gasteiger partial charge in [-0.15, -0.1) is 0 Å². The third-order valence-corrected chi connectivity index (χ3v) is 4.70. The van der Waals surface area contributed by atoms with E-state index in [0.717, 1.165) is 5.56 Å². The highest BCUT2D eigenvalue weighted by atomic mass is 16.6. The highest BCUT2D eigenvalue weighted by Crippen LogP contribution is 2.30. The van der Waals surface area contributed by atoms with Gasteiger partial charge in [0.05, 0.1) is 4.92 Å². The second-order valence-corrected chi connectivity index (χ2v) is 6.72. The van der Waals surface area contributed by atoms with E-state index in [1.807, 2.05) is 13.0 Å². The first-order valence-electron chi connectivity index (χ1n) is 9.24. The van der Waals surface area contributed by atoms with Crippen LogP contribution in [0.15, 0.2) is 66.7 Å². The molecule has 3 aromatic carbocycles. The molecule has 7 nitrogen and oxygen atoms in total. The van der Waals surface area contributed by atoms with E-state index >= 15 is 0 Å². The number of nitrogens with zero attached hydrogens (tertiary/aromatic N) is 1. The molecule has 0 aliphatic rings. The molecule has 0 heterocycles. The Labute approximate surface area is 173 Å². The summed E-state index contributed by atoms with van der Waals surface area (Å²) in [7, 11) is 0. The van der Waals surface area contributed by atoms with Gasteiger partial charge in [0.2, 0.25) is 0 Å². The molecule has 152 valence electrons. The Morgan fingerprint density at radius 2 is 1.57 bits per heavy atom. The fraction of sp³-hybridized carbons (Fsp3) is 0.130. The average molecular weight is 404 g/mol. The molecule has 30 heavy (non-hydrogen) atoms. The van der Waals surface area contributed by atoms with E-state index in [0.29, 0.717) is 22.4 Å². The summed E-state index contributed by atoms with van der Waals surface area (Å²) < 4.78 is 5.46. The molecule has 0 bridgehead atoms. The second-order valence-electron chi connectivity index (χ2n) is 6.72. The number of ketones is 1. The van der Waals surface area contributed by atoms with Gasteiger partial charge in [0, 0.05) is 17.2 Å². The van der Waals surface area contributed by atoms with Gasteiger partial charge in [0.1, 0.15) is 11.4 Å². The summed E-state index contributed by atoms with van der Waals surface area (Å²) in [6.45, 7) is 3.20. The standard InChI is InChI=1S/C23H20N2O5/c1-15-8-13-20(25(28)29)22(16(15)2)24-21(26)14-30-19-11-9-18(10-12-19)23(27)17-6-4-3-5-7-17/h3-13H,14H2,1-2H3,(H,24,26). The highest BCUT2D eigenvalue weighted by Gasteiger charge is 2.19. The number of hydrogen-bond acceptors (Lipinski definition) is 5. The van der Waals surface area contributed by atoms with E-state index in [1.165, 1.54) is 6.07 Å². The molecule has 0 radical (unpaired) electrons. The summed E-state index contributed by atoms with van der Waals surface area (Å²) in [5.74, 6) is -0.219. The van der Waals surface area contributed by atoms with E-state index in [1.54, 1.807) is 61.5 Å². The molecule has 0 aliphatic heterocycles. The van der Waals surface area contributed by atoms with Gasteiger partial charge < -0.3 is 10.1 Å². The van der Waals surface area contributed by atoms with Crippen LogP contribution in [0.1, 0.15) is 27.0 Å². The zero-order chi connectivity index (χ0) is 21.7. The summed E-state index contributed by atoms with van der Waals surface area (Å²) in [6.07, 6.45) is 0. The van der Waals surface area contributed by atoms with Crippen LogP contribution in [-0.2, 0) is 4.79 Å². The molecule has 0 aromatic heterocycles. The lowest BCUT2D eigenvalue weighted by Crippen LogP contribution is -2.21. The Hall–Kier alpha value is -4.00. The van der Waals surface area contributed by atoms with Gasteiger partial charge in [-0.05, 0) is 49.2 Å². The van der Waals surface area contributed by atoms with Gasteiger partial charge >= 0.3 is 0 Å². The Kier molecular flexibility index (Phi) is 6.22. The first-order chi connectivity index (χ1) is 14.4. The van der Waals surface area contributed by atoms with Gasteiger partial charge in [0.25, 0.3) is 11.6 Å². The molecule has 0 saturated carbocycles. The summed E-state index contributed by atoms with van der Waals surface area (Å²) in [4.78, 5) is 35.4. The highest BCUT2D eigenvalue weighted by molar-refractivity contribution is 6.09. The number of amides is 1. The van der Waals surface area contributed by atoms with Crippen LogP contribution in [0, 0.1) is 24.0 Å². The van der Waals surface area contributed by atoms with Crippen molar-refractivity contribution in [1.82, 2.24) is 0 Å². The summed E-state index contributed by atoms with van der Waals surface area (Å²) in [5, 5.41) is 13.8. The predicted octanol–water partition coefficient (Wildman–Crippen LogP) is 4.46. The molecular weight excluding hydrogens is 384 g/mol. The smallest absolute Gasteiger partial charge is 0.293 e. The molecule has 1 N–H and O–H groups in total. The molecule has 0 unspecified atom stereocenters. The molecule has 3 rings (SSSR count). The van der Waals surface area contributed by atoms with Crippen LogP contribution in [0.4, 0.5) is 11.4 Å². The maximum Gasteiger partial charge on any atom is 0.293 e. The molecule has 0 aliphatic carbocycles. The quantitative estimate of drug-likeness (QED) is 0.356. The van der Waals surface area contributed by atoms with Crippen molar-refractivity contribution in [2.75, 3.05) is 11.9 Å². The van der Waals surface area contributed by atoms with Gasteiger partial charge in [-0.2, -0.15) is 0 Å². The molecule has 3 aromatic rings. The topological polar surface area (TPSA) is 98.5 Å². The minimum atomic E-state index is -0.536. The predicted molar refractivity (Wildman–Crippen MR) is 113 cm³/mol. The van der Waals surface area contributed by atoms with E-state index in [2.05, 4.69) is 5.32 Å². The number of nitro benzene ring substituents is 1. The first kappa shape index (κ1) is 20.7.